The molecule has 21 heavy (non-hydrogen) atoms. The topological polar surface area (TPSA) is 47.9 Å². The van der Waals surface area contributed by atoms with Crippen LogP contribution in [0.2, 0.25) is 0 Å². The maximum absolute atomic E-state index is 8.27. The molecule has 1 N–H and O–H groups in total. The van der Waals surface area contributed by atoms with E-state index in [1.165, 1.54) is 5.56 Å². The van der Waals surface area contributed by atoms with Crippen LogP contribution in [0.15, 0.2) is 24.3 Å². The fourth-order valence-corrected chi connectivity index (χ4v) is 1.16. The van der Waals surface area contributed by atoms with Crippen molar-refractivity contribution in [2.75, 3.05) is 0 Å². The third-order valence-corrected chi connectivity index (χ3v) is 2.19. The van der Waals surface area contributed by atoms with Gasteiger partial charge in [0.25, 0.3) is 0 Å². The van der Waals surface area contributed by atoms with Gasteiger partial charge in [0.2, 0.25) is 0 Å². The minimum absolute atomic E-state index is 0.215. The Morgan fingerprint density at radius 2 is 1.19 bits per heavy atom. The lowest BCUT2D eigenvalue weighted by atomic mass is 10.0. The first-order valence-electron chi connectivity index (χ1n) is 7.23. The lowest BCUT2D eigenvalue weighted by Gasteiger charge is -2.24. The maximum Gasteiger partial charge on any atom is 0.165 e. The predicted octanol–water partition coefficient (Wildman–Crippen LogP) is 5.19. The van der Waals surface area contributed by atoms with Gasteiger partial charge in [-0.3, -0.25) is 0 Å². The molecule has 1 aromatic carbocycles. The molecule has 0 heterocycles. The second-order valence-corrected chi connectivity index (χ2v) is 7.21. The van der Waals surface area contributed by atoms with Crippen LogP contribution < -0.4 is 4.89 Å². The highest BCUT2D eigenvalue weighted by molar-refractivity contribution is 5.28. The van der Waals surface area contributed by atoms with Crippen molar-refractivity contribution in [2.24, 2.45) is 0 Å². The molecule has 0 aliphatic carbocycles. The Labute approximate surface area is 128 Å². The van der Waals surface area contributed by atoms with Crippen molar-refractivity contribution in [3.05, 3.63) is 29.8 Å². The summed E-state index contributed by atoms with van der Waals surface area (Å²) in [6.45, 7) is 16.0. The van der Waals surface area contributed by atoms with Crippen molar-refractivity contribution < 1.29 is 19.9 Å². The van der Waals surface area contributed by atoms with Gasteiger partial charge in [0, 0.05) is 0 Å². The molecular formula is C17H30O4. The molecule has 0 saturated heterocycles. The van der Waals surface area contributed by atoms with Gasteiger partial charge < -0.3 is 4.89 Å². The lowest BCUT2D eigenvalue weighted by Crippen LogP contribution is -2.27. The van der Waals surface area contributed by atoms with Gasteiger partial charge in [0.15, 0.2) is 5.75 Å². The minimum Gasteiger partial charge on any atom is -0.340 e. The van der Waals surface area contributed by atoms with Crippen molar-refractivity contribution >= 4 is 0 Å². The SMILES string of the molecule is CC(C)(C)OOC(C)(C)C.CC(C)c1ccc(OO)cc1. The molecule has 0 aliphatic heterocycles. The van der Waals surface area contributed by atoms with Crippen LogP contribution in [0.1, 0.15) is 66.9 Å². The molecule has 0 saturated carbocycles. The molecule has 0 radical (unpaired) electrons. The lowest BCUT2D eigenvalue weighted by molar-refractivity contribution is -0.393. The number of hydrogen-bond donors (Lipinski definition) is 1. The van der Waals surface area contributed by atoms with E-state index in [1.807, 2.05) is 53.7 Å². The Morgan fingerprint density at radius 3 is 1.43 bits per heavy atom. The normalized spacial score (nSPS) is 11.9. The average Bonchev–Trinajstić information content (AvgIpc) is 2.36. The second-order valence-electron chi connectivity index (χ2n) is 7.21. The van der Waals surface area contributed by atoms with Gasteiger partial charge in [-0.2, -0.15) is 0 Å². The summed E-state index contributed by atoms with van der Waals surface area (Å²) in [5, 5.41) is 8.27. The molecule has 1 rings (SSSR count). The van der Waals surface area contributed by atoms with Gasteiger partial charge >= 0.3 is 0 Å². The summed E-state index contributed by atoms with van der Waals surface area (Å²) in [5.41, 5.74) is 0.811. The Bertz CT molecular complexity index is 369. The van der Waals surface area contributed by atoms with Gasteiger partial charge in [-0.15, -0.1) is 0 Å². The molecule has 0 unspecified atom stereocenters. The Morgan fingerprint density at radius 1 is 0.810 bits per heavy atom. The first-order chi connectivity index (χ1) is 9.44. The highest BCUT2D eigenvalue weighted by Crippen LogP contribution is 2.17. The molecule has 1 aromatic rings. The summed E-state index contributed by atoms with van der Waals surface area (Å²) in [5.74, 6) is 0.997. The van der Waals surface area contributed by atoms with E-state index in [0.29, 0.717) is 11.7 Å². The van der Waals surface area contributed by atoms with E-state index in [0.717, 1.165) is 0 Å². The Balaban J connectivity index is 0.000000384. The predicted molar refractivity (Wildman–Crippen MR) is 85.5 cm³/mol. The van der Waals surface area contributed by atoms with Crippen molar-refractivity contribution in [1.82, 2.24) is 0 Å². The van der Waals surface area contributed by atoms with E-state index < -0.39 is 0 Å². The largest absolute Gasteiger partial charge is 0.340 e. The third kappa shape index (κ3) is 11.3. The standard InChI is InChI=1S/C9H12O2.C8H18O2/c1-7(2)8-3-5-9(11-10)6-4-8;1-7(2,3)9-10-8(4,5)6/h3-7,10H,1-2H3;1-6H3. The molecule has 4 heteroatoms. The number of rotatable bonds is 3. The van der Waals surface area contributed by atoms with E-state index in [4.69, 9.17) is 15.0 Å². The minimum atomic E-state index is -0.215. The van der Waals surface area contributed by atoms with Crippen LogP contribution in [0.5, 0.6) is 5.75 Å². The zero-order chi connectivity index (χ0) is 16.7. The van der Waals surface area contributed by atoms with E-state index in [-0.39, 0.29) is 11.2 Å². The van der Waals surface area contributed by atoms with Gasteiger partial charge in [-0.1, -0.05) is 26.0 Å². The van der Waals surface area contributed by atoms with E-state index in [2.05, 4.69) is 18.7 Å². The van der Waals surface area contributed by atoms with Crippen LogP contribution in [-0.2, 0) is 9.78 Å². The summed E-state index contributed by atoms with van der Waals surface area (Å²) >= 11 is 0. The van der Waals surface area contributed by atoms with Crippen LogP contribution in [0.25, 0.3) is 0 Å². The molecular weight excluding hydrogens is 268 g/mol. The highest BCUT2D eigenvalue weighted by Gasteiger charge is 2.18. The first kappa shape index (κ1) is 19.9. The van der Waals surface area contributed by atoms with Crippen LogP contribution in [-0.4, -0.2) is 16.5 Å². The maximum atomic E-state index is 8.27. The zero-order valence-electron chi connectivity index (χ0n) is 14.6. The number of benzene rings is 1. The fourth-order valence-electron chi connectivity index (χ4n) is 1.16. The summed E-state index contributed by atoms with van der Waals surface area (Å²) in [6, 6.07) is 7.37. The first-order valence-corrected chi connectivity index (χ1v) is 7.23. The van der Waals surface area contributed by atoms with Crippen molar-refractivity contribution in [3.8, 4) is 5.75 Å². The molecule has 4 nitrogen and oxygen atoms in total. The monoisotopic (exact) mass is 298 g/mol. The summed E-state index contributed by atoms with van der Waals surface area (Å²) in [7, 11) is 0. The average molecular weight is 298 g/mol. The van der Waals surface area contributed by atoms with Crippen LogP contribution in [0, 0.1) is 0 Å². The number of hydrogen-bond acceptors (Lipinski definition) is 4. The van der Waals surface area contributed by atoms with Gasteiger partial charge in [-0.05, 0) is 65.2 Å². The summed E-state index contributed by atoms with van der Waals surface area (Å²) in [6.07, 6.45) is 0. The molecule has 0 spiro atoms. The Hall–Kier alpha value is -1.10. The Kier molecular flexibility index (Phi) is 7.93. The second kappa shape index (κ2) is 8.37. The molecule has 0 fully saturated rings. The van der Waals surface area contributed by atoms with Crippen molar-refractivity contribution in [2.45, 2.75) is 72.5 Å². The highest BCUT2D eigenvalue weighted by atomic mass is 17.2. The molecule has 0 bridgehead atoms. The van der Waals surface area contributed by atoms with Crippen molar-refractivity contribution in [3.63, 3.8) is 0 Å². The zero-order valence-corrected chi connectivity index (χ0v) is 14.6. The molecule has 0 aliphatic rings. The van der Waals surface area contributed by atoms with Crippen LogP contribution in [0.3, 0.4) is 0 Å². The molecule has 122 valence electrons. The summed E-state index contributed by atoms with van der Waals surface area (Å²) < 4.78 is 0. The smallest absolute Gasteiger partial charge is 0.165 e. The van der Waals surface area contributed by atoms with E-state index >= 15 is 0 Å². The van der Waals surface area contributed by atoms with Crippen molar-refractivity contribution in [1.29, 1.82) is 0 Å². The molecule has 0 aromatic heterocycles. The van der Waals surface area contributed by atoms with E-state index in [9.17, 15) is 0 Å². The van der Waals surface area contributed by atoms with Gasteiger partial charge in [-0.25, -0.2) is 15.0 Å². The van der Waals surface area contributed by atoms with Gasteiger partial charge in [0.05, 0.1) is 11.2 Å². The fraction of sp³-hybridized carbons (Fsp3) is 0.647. The van der Waals surface area contributed by atoms with Crippen LogP contribution in [0.4, 0.5) is 0 Å². The third-order valence-electron chi connectivity index (χ3n) is 2.19. The van der Waals surface area contributed by atoms with E-state index in [1.54, 1.807) is 12.1 Å². The molecule has 0 amide bonds. The van der Waals surface area contributed by atoms with Gasteiger partial charge in [0.1, 0.15) is 0 Å². The molecule has 0 atom stereocenters. The quantitative estimate of drug-likeness (QED) is 0.616. The van der Waals surface area contributed by atoms with Crippen LogP contribution >= 0.6 is 0 Å². The summed E-state index contributed by atoms with van der Waals surface area (Å²) in [4.78, 5) is 14.2.